The summed E-state index contributed by atoms with van der Waals surface area (Å²) in [5.41, 5.74) is 2.41. The van der Waals surface area contributed by atoms with Crippen LogP contribution in [0.5, 0.6) is 5.75 Å². The molecule has 6 nitrogen and oxygen atoms in total. The standard InChI is InChI=1S/C16H21N3O3/c1-12-15(11-18-19(12)2)16(20)17-10-13-5-4-6-14(9-13)22-8-7-21-3/h4-6,9,11H,7-8,10H2,1-3H3,(H,17,20). The maximum Gasteiger partial charge on any atom is 0.255 e. The summed E-state index contributed by atoms with van der Waals surface area (Å²) >= 11 is 0. The number of methoxy groups -OCH3 is 1. The van der Waals surface area contributed by atoms with Gasteiger partial charge in [0.05, 0.1) is 18.4 Å². The van der Waals surface area contributed by atoms with E-state index in [1.54, 1.807) is 18.0 Å². The molecule has 118 valence electrons. The van der Waals surface area contributed by atoms with Crippen LogP contribution in [0.3, 0.4) is 0 Å². The number of nitrogens with zero attached hydrogens (tertiary/aromatic N) is 2. The quantitative estimate of drug-likeness (QED) is 0.790. The Morgan fingerprint density at radius 3 is 2.86 bits per heavy atom. The zero-order chi connectivity index (χ0) is 15.9. The molecule has 0 aliphatic rings. The monoisotopic (exact) mass is 303 g/mol. The molecule has 0 fully saturated rings. The van der Waals surface area contributed by atoms with E-state index in [2.05, 4.69) is 10.4 Å². The van der Waals surface area contributed by atoms with Crippen molar-refractivity contribution in [2.45, 2.75) is 13.5 Å². The Balaban J connectivity index is 1.92. The summed E-state index contributed by atoms with van der Waals surface area (Å²) in [6.07, 6.45) is 1.58. The third-order valence-electron chi connectivity index (χ3n) is 3.39. The van der Waals surface area contributed by atoms with Crippen LogP contribution in [-0.4, -0.2) is 36.0 Å². The fourth-order valence-corrected chi connectivity index (χ4v) is 1.99. The molecule has 0 unspecified atom stereocenters. The molecule has 1 aromatic heterocycles. The minimum Gasteiger partial charge on any atom is -0.491 e. The highest BCUT2D eigenvalue weighted by atomic mass is 16.5. The SMILES string of the molecule is COCCOc1cccc(CNC(=O)c2cnn(C)c2C)c1. The van der Waals surface area contributed by atoms with Gasteiger partial charge in [0.25, 0.3) is 5.91 Å². The first-order chi connectivity index (χ1) is 10.6. The van der Waals surface area contributed by atoms with Gasteiger partial charge in [-0.1, -0.05) is 12.1 Å². The Bertz CT molecular complexity index is 637. The summed E-state index contributed by atoms with van der Waals surface area (Å²) in [4.78, 5) is 12.1. The lowest BCUT2D eigenvalue weighted by atomic mass is 10.2. The summed E-state index contributed by atoms with van der Waals surface area (Å²) in [5, 5.41) is 6.96. The van der Waals surface area contributed by atoms with Crippen molar-refractivity contribution in [2.75, 3.05) is 20.3 Å². The lowest BCUT2D eigenvalue weighted by molar-refractivity contribution is 0.0950. The highest BCUT2D eigenvalue weighted by Crippen LogP contribution is 2.13. The minimum atomic E-state index is -0.128. The number of rotatable bonds is 7. The van der Waals surface area contributed by atoms with Crippen LogP contribution in [0.2, 0.25) is 0 Å². The number of nitrogens with one attached hydrogen (secondary N) is 1. The number of ether oxygens (including phenoxy) is 2. The van der Waals surface area contributed by atoms with Crippen molar-refractivity contribution < 1.29 is 14.3 Å². The fraction of sp³-hybridized carbons (Fsp3) is 0.375. The lowest BCUT2D eigenvalue weighted by Gasteiger charge is -2.09. The van der Waals surface area contributed by atoms with Gasteiger partial charge in [-0.15, -0.1) is 0 Å². The van der Waals surface area contributed by atoms with Crippen LogP contribution in [0, 0.1) is 6.92 Å². The van der Waals surface area contributed by atoms with E-state index in [9.17, 15) is 4.79 Å². The van der Waals surface area contributed by atoms with Gasteiger partial charge in [0.1, 0.15) is 12.4 Å². The van der Waals surface area contributed by atoms with Crippen LogP contribution in [0.1, 0.15) is 21.6 Å². The first-order valence-corrected chi connectivity index (χ1v) is 7.09. The molecule has 1 heterocycles. The number of aromatic nitrogens is 2. The van der Waals surface area contributed by atoms with Crippen LogP contribution >= 0.6 is 0 Å². The van der Waals surface area contributed by atoms with E-state index < -0.39 is 0 Å². The summed E-state index contributed by atoms with van der Waals surface area (Å²) in [5.74, 6) is 0.637. The Labute approximate surface area is 130 Å². The van der Waals surface area contributed by atoms with E-state index in [1.807, 2.05) is 38.2 Å². The molecule has 1 amide bonds. The van der Waals surface area contributed by atoms with E-state index in [0.717, 1.165) is 17.0 Å². The lowest BCUT2D eigenvalue weighted by Crippen LogP contribution is -2.23. The molecule has 2 aromatic rings. The Morgan fingerprint density at radius 2 is 2.18 bits per heavy atom. The smallest absolute Gasteiger partial charge is 0.255 e. The highest BCUT2D eigenvalue weighted by Gasteiger charge is 2.12. The topological polar surface area (TPSA) is 65.4 Å². The van der Waals surface area contributed by atoms with Crippen molar-refractivity contribution >= 4 is 5.91 Å². The molecule has 1 N–H and O–H groups in total. The average Bonchev–Trinajstić information content (AvgIpc) is 2.85. The molecule has 0 spiro atoms. The van der Waals surface area contributed by atoms with Gasteiger partial charge in [0.2, 0.25) is 0 Å². The van der Waals surface area contributed by atoms with Gasteiger partial charge in [0.15, 0.2) is 0 Å². The number of carbonyl (C=O) groups is 1. The Morgan fingerprint density at radius 1 is 1.36 bits per heavy atom. The average molecular weight is 303 g/mol. The van der Waals surface area contributed by atoms with E-state index in [1.165, 1.54) is 0 Å². The van der Waals surface area contributed by atoms with Gasteiger partial charge in [-0.2, -0.15) is 5.10 Å². The molecule has 22 heavy (non-hydrogen) atoms. The third kappa shape index (κ3) is 4.08. The van der Waals surface area contributed by atoms with E-state index in [0.29, 0.717) is 25.3 Å². The van der Waals surface area contributed by atoms with Gasteiger partial charge >= 0.3 is 0 Å². The Hall–Kier alpha value is -2.34. The Kier molecular flexibility index (Phi) is 5.55. The molecular weight excluding hydrogens is 282 g/mol. The van der Waals surface area contributed by atoms with E-state index in [4.69, 9.17) is 9.47 Å². The van der Waals surface area contributed by atoms with Gasteiger partial charge < -0.3 is 14.8 Å². The normalized spacial score (nSPS) is 10.5. The number of hydrogen-bond acceptors (Lipinski definition) is 4. The zero-order valence-corrected chi connectivity index (χ0v) is 13.1. The number of aryl methyl sites for hydroxylation is 1. The molecule has 0 radical (unpaired) electrons. The van der Waals surface area contributed by atoms with Gasteiger partial charge in [-0.25, -0.2) is 0 Å². The van der Waals surface area contributed by atoms with Crippen molar-refractivity contribution in [1.82, 2.24) is 15.1 Å². The first-order valence-electron chi connectivity index (χ1n) is 7.09. The first kappa shape index (κ1) is 16.0. The van der Waals surface area contributed by atoms with E-state index >= 15 is 0 Å². The second kappa shape index (κ2) is 7.61. The van der Waals surface area contributed by atoms with Crippen molar-refractivity contribution in [1.29, 1.82) is 0 Å². The molecule has 0 atom stereocenters. The van der Waals surface area contributed by atoms with Crippen molar-refractivity contribution in [2.24, 2.45) is 7.05 Å². The molecule has 0 aliphatic heterocycles. The van der Waals surface area contributed by atoms with Crippen LogP contribution in [0.15, 0.2) is 30.5 Å². The molecule has 0 bridgehead atoms. The summed E-state index contributed by atoms with van der Waals surface area (Å²) in [7, 11) is 3.45. The van der Waals surface area contributed by atoms with Crippen LogP contribution in [0.4, 0.5) is 0 Å². The minimum absolute atomic E-state index is 0.128. The molecule has 1 aromatic carbocycles. The van der Waals surface area contributed by atoms with Gasteiger partial charge in [0, 0.05) is 26.4 Å². The summed E-state index contributed by atoms with van der Waals surface area (Å²) in [6.45, 7) is 3.35. The predicted molar refractivity (Wildman–Crippen MR) is 82.9 cm³/mol. The number of carbonyl (C=O) groups excluding carboxylic acids is 1. The molecule has 0 aliphatic carbocycles. The maximum absolute atomic E-state index is 12.1. The van der Waals surface area contributed by atoms with Crippen LogP contribution in [-0.2, 0) is 18.3 Å². The van der Waals surface area contributed by atoms with Gasteiger partial charge in [-0.3, -0.25) is 9.48 Å². The zero-order valence-electron chi connectivity index (χ0n) is 13.1. The van der Waals surface area contributed by atoms with E-state index in [-0.39, 0.29) is 5.91 Å². The molecule has 2 rings (SSSR count). The fourth-order valence-electron chi connectivity index (χ4n) is 1.99. The number of hydrogen-bond donors (Lipinski definition) is 1. The van der Waals surface area contributed by atoms with Crippen LogP contribution < -0.4 is 10.1 Å². The predicted octanol–water partition coefficient (Wildman–Crippen LogP) is 1.68. The van der Waals surface area contributed by atoms with Gasteiger partial charge in [-0.05, 0) is 24.6 Å². The van der Waals surface area contributed by atoms with Crippen molar-refractivity contribution in [3.8, 4) is 5.75 Å². The second-order valence-electron chi connectivity index (χ2n) is 4.94. The summed E-state index contributed by atoms with van der Waals surface area (Å²) in [6, 6.07) is 7.64. The third-order valence-corrected chi connectivity index (χ3v) is 3.39. The van der Waals surface area contributed by atoms with Crippen LogP contribution in [0.25, 0.3) is 0 Å². The maximum atomic E-state index is 12.1. The molecular formula is C16H21N3O3. The van der Waals surface area contributed by atoms with Crippen molar-refractivity contribution in [3.63, 3.8) is 0 Å². The largest absolute Gasteiger partial charge is 0.491 e. The summed E-state index contributed by atoms with van der Waals surface area (Å²) < 4.78 is 12.2. The molecule has 0 saturated carbocycles. The van der Waals surface area contributed by atoms with Crippen molar-refractivity contribution in [3.05, 3.63) is 47.3 Å². The second-order valence-corrected chi connectivity index (χ2v) is 4.94. The highest BCUT2D eigenvalue weighted by molar-refractivity contribution is 5.94. The molecule has 0 saturated heterocycles. The number of amides is 1. The number of benzene rings is 1. The molecule has 6 heteroatoms.